The van der Waals surface area contributed by atoms with Gasteiger partial charge < -0.3 is 10.5 Å². The first-order chi connectivity index (χ1) is 5.27. The van der Waals surface area contributed by atoms with Gasteiger partial charge in [0.15, 0.2) is 11.0 Å². The minimum atomic E-state index is -0.0106. The minimum Gasteiger partial charge on any atom is -0.374 e. The molecular formula is C6H11N3OS. The fourth-order valence-electron chi connectivity index (χ4n) is 0.833. The fourth-order valence-corrected chi connectivity index (χ4v) is 1.31. The van der Waals surface area contributed by atoms with E-state index in [0.717, 1.165) is 6.42 Å². The third-order valence-corrected chi connectivity index (χ3v) is 1.96. The summed E-state index contributed by atoms with van der Waals surface area (Å²) in [6.45, 7) is 2.02. The van der Waals surface area contributed by atoms with Crippen molar-refractivity contribution in [2.45, 2.75) is 19.4 Å². The predicted molar refractivity (Wildman–Crippen MR) is 44.4 cm³/mol. The third-order valence-electron chi connectivity index (χ3n) is 1.40. The lowest BCUT2D eigenvalue weighted by Gasteiger charge is -2.06. The van der Waals surface area contributed by atoms with Gasteiger partial charge in [-0.2, -0.15) is 4.37 Å². The minimum absolute atomic E-state index is 0.0106. The van der Waals surface area contributed by atoms with Gasteiger partial charge in [-0.05, 0) is 6.42 Å². The second-order valence-electron chi connectivity index (χ2n) is 2.12. The molecule has 0 fully saturated rings. The predicted octanol–water partition coefficient (Wildman–Crippen LogP) is 1.22. The van der Waals surface area contributed by atoms with Crippen LogP contribution in [-0.4, -0.2) is 16.5 Å². The van der Waals surface area contributed by atoms with Gasteiger partial charge in [-0.3, -0.25) is 0 Å². The van der Waals surface area contributed by atoms with E-state index >= 15 is 0 Å². The second-order valence-corrected chi connectivity index (χ2v) is 2.91. The lowest BCUT2D eigenvalue weighted by atomic mass is 10.3. The Morgan fingerprint density at radius 2 is 2.45 bits per heavy atom. The molecule has 1 atom stereocenters. The van der Waals surface area contributed by atoms with Crippen molar-refractivity contribution < 1.29 is 4.74 Å². The summed E-state index contributed by atoms with van der Waals surface area (Å²) in [5, 5.41) is 0.496. The SMILES string of the molecule is CCC(OC)c1nsc(N)n1. The Balaban J connectivity index is 2.73. The van der Waals surface area contributed by atoms with Gasteiger partial charge in [-0.1, -0.05) is 6.92 Å². The van der Waals surface area contributed by atoms with Crippen LogP contribution in [0.15, 0.2) is 0 Å². The van der Waals surface area contributed by atoms with Gasteiger partial charge in [0.25, 0.3) is 0 Å². The molecule has 0 saturated heterocycles. The molecule has 1 heterocycles. The quantitative estimate of drug-likeness (QED) is 0.746. The number of aromatic nitrogens is 2. The summed E-state index contributed by atoms with van der Waals surface area (Å²) in [7, 11) is 1.64. The summed E-state index contributed by atoms with van der Waals surface area (Å²) >= 11 is 1.20. The number of ether oxygens (including phenoxy) is 1. The van der Waals surface area contributed by atoms with Crippen LogP contribution in [0.5, 0.6) is 0 Å². The molecule has 4 nitrogen and oxygen atoms in total. The molecule has 1 aromatic rings. The van der Waals surface area contributed by atoms with E-state index in [9.17, 15) is 0 Å². The number of methoxy groups -OCH3 is 1. The first kappa shape index (κ1) is 8.42. The maximum Gasteiger partial charge on any atom is 0.200 e. The van der Waals surface area contributed by atoms with Crippen molar-refractivity contribution in [1.29, 1.82) is 0 Å². The average molecular weight is 173 g/mol. The molecule has 0 aliphatic heterocycles. The van der Waals surface area contributed by atoms with Crippen LogP contribution in [-0.2, 0) is 4.74 Å². The van der Waals surface area contributed by atoms with Gasteiger partial charge in [0.1, 0.15) is 6.10 Å². The maximum atomic E-state index is 5.42. The van der Waals surface area contributed by atoms with Crippen molar-refractivity contribution in [2.75, 3.05) is 12.8 Å². The molecule has 0 amide bonds. The maximum absolute atomic E-state index is 5.42. The van der Waals surface area contributed by atoms with E-state index in [1.807, 2.05) is 6.92 Å². The zero-order chi connectivity index (χ0) is 8.27. The average Bonchev–Trinajstić information content (AvgIpc) is 2.39. The van der Waals surface area contributed by atoms with Gasteiger partial charge in [0.2, 0.25) is 0 Å². The molecule has 2 N–H and O–H groups in total. The van der Waals surface area contributed by atoms with Crippen molar-refractivity contribution in [3.8, 4) is 0 Å². The highest BCUT2D eigenvalue weighted by molar-refractivity contribution is 7.09. The monoisotopic (exact) mass is 173 g/mol. The Kier molecular flexibility index (Phi) is 2.78. The van der Waals surface area contributed by atoms with E-state index in [2.05, 4.69) is 9.36 Å². The van der Waals surface area contributed by atoms with Gasteiger partial charge >= 0.3 is 0 Å². The van der Waals surface area contributed by atoms with Crippen LogP contribution in [0.4, 0.5) is 5.13 Å². The van der Waals surface area contributed by atoms with E-state index < -0.39 is 0 Å². The summed E-state index contributed by atoms with van der Waals surface area (Å²) in [6.07, 6.45) is 0.857. The molecule has 5 heteroatoms. The summed E-state index contributed by atoms with van der Waals surface area (Å²) in [5.41, 5.74) is 5.42. The molecular weight excluding hydrogens is 162 g/mol. The topological polar surface area (TPSA) is 61.0 Å². The molecule has 1 unspecified atom stereocenters. The Labute approximate surface area is 69.6 Å². The third kappa shape index (κ3) is 1.87. The number of nitrogen functional groups attached to an aromatic ring is 1. The molecule has 0 aliphatic rings. The second kappa shape index (κ2) is 3.64. The molecule has 1 aromatic heterocycles. The normalized spacial score (nSPS) is 13.3. The van der Waals surface area contributed by atoms with E-state index in [1.54, 1.807) is 7.11 Å². The van der Waals surface area contributed by atoms with Crippen molar-refractivity contribution >= 4 is 16.7 Å². The molecule has 0 spiro atoms. The summed E-state index contributed by atoms with van der Waals surface area (Å²) in [5.74, 6) is 0.692. The van der Waals surface area contributed by atoms with Crippen LogP contribution in [0, 0.1) is 0 Å². The fraction of sp³-hybridized carbons (Fsp3) is 0.667. The van der Waals surface area contributed by atoms with Crippen LogP contribution >= 0.6 is 11.5 Å². The van der Waals surface area contributed by atoms with Crippen LogP contribution in [0.3, 0.4) is 0 Å². The first-order valence-corrected chi connectivity index (χ1v) is 4.17. The van der Waals surface area contributed by atoms with Crippen molar-refractivity contribution in [3.05, 3.63) is 5.82 Å². The molecule has 0 radical (unpaired) electrons. The standard InChI is InChI=1S/C6H11N3OS/c1-3-4(10-2)5-8-6(7)11-9-5/h4H,3H2,1-2H3,(H2,7,8,9). The lowest BCUT2D eigenvalue weighted by Crippen LogP contribution is -2.01. The van der Waals surface area contributed by atoms with Crippen LogP contribution in [0.2, 0.25) is 0 Å². The van der Waals surface area contributed by atoms with Crippen LogP contribution < -0.4 is 5.73 Å². The smallest absolute Gasteiger partial charge is 0.200 e. The number of hydrogen-bond donors (Lipinski definition) is 1. The zero-order valence-electron chi connectivity index (χ0n) is 6.57. The van der Waals surface area contributed by atoms with Crippen molar-refractivity contribution in [3.63, 3.8) is 0 Å². The Bertz CT molecular complexity index is 221. The molecule has 0 saturated carbocycles. The number of nitrogens with two attached hydrogens (primary N) is 1. The van der Waals surface area contributed by atoms with Gasteiger partial charge in [0.05, 0.1) is 0 Å². The highest BCUT2D eigenvalue weighted by Crippen LogP contribution is 2.19. The summed E-state index contributed by atoms with van der Waals surface area (Å²) in [4.78, 5) is 4.01. The number of rotatable bonds is 3. The van der Waals surface area contributed by atoms with E-state index in [1.165, 1.54) is 11.5 Å². The van der Waals surface area contributed by atoms with E-state index in [0.29, 0.717) is 11.0 Å². The van der Waals surface area contributed by atoms with Gasteiger partial charge in [-0.25, -0.2) is 4.98 Å². The molecule has 0 bridgehead atoms. The molecule has 62 valence electrons. The largest absolute Gasteiger partial charge is 0.374 e. The Morgan fingerprint density at radius 1 is 1.73 bits per heavy atom. The molecule has 0 aromatic carbocycles. The highest BCUT2D eigenvalue weighted by atomic mass is 32.1. The number of nitrogens with zero attached hydrogens (tertiary/aromatic N) is 2. The summed E-state index contributed by atoms with van der Waals surface area (Å²) in [6, 6.07) is 0. The first-order valence-electron chi connectivity index (χ1n) is 3.39. The summed E-state index contributed by atoms with van der Waals surface area (Å²) < 4.78 is 9.16. The van der Waals surface area contributed by atoms with E-state index in [4.69, 9.17) is 10.5 Å². The van der Waals surface area contributed by atoms with Crippen LogP contribution in [0.1, 0.15) is 25.3 Å². The molecule has 11 heavy (non-hydrogen) atoms. The Hall–Kier alpha value is -0.680. The van der Waals surface area contributed by atoms with Crippen molar-refractivity contribution in [1.82, 2.24) is 9.36 Å². The van der Waals surface area contributed by atoms with Crippen LogP contribution in [0.25, 0.3) is 0 Å². The highest BCUT2D eigenvalue weighted by Gasteiger charge is 2.12. The van der Waals surface area contributed by atoms with Gasteiger partial charge in [0, 0.05) is 18.6 Å². The van der Waals surface area contributed by atoms with Gasteiger partial charge in [-0.15, -0.1) is 0 Å². The number of hydrogen-bond acceptors (Lipinski definition) is 5. The zero-order valence-corrected chi connectivity index (χ0v) is 7.39. The van der Waals surface area contributed by atoms with E-state index in [-0.39, 0.29) is 6.10 Å². The Morgan fingerprint density at radius 3 is 2.82 bits per heavy atom. The van der Waals surface area contributed by atoms with Crippen molar-refractivity contribution in [2.24, 2.45) is 0 Å². The number of anilines is 1. The lowest BCUT2D eigenvalue weighted by molar-refractivity contribution is 0.0937. The molecule has 1 rings (SSSR count). The molecule has 0 aliphatic carbocycles.